The number of nitrogens with one attached hydrogen (secondary N) is 1. The Morgan fingerprint density at radius 1 is 1.50 bits per heavy atom. The van der Waals surface area contributed by atoms with E-state index < -0.39 is 0 Å². The summed E-state index contributed by atoms with van der Waals surface area (Å²) in [5.41, 5.74) is 1.22. The highest BCUT2D eigenvalue weighted by Gasteiger charge is 2.28. The van der Waals surface area contributed by atoms with Gasteiger partial charge >= 0.3 is 0 Å². The average molecular weight is 267 g/mol. The van der Waals surface area contributed by atoms with Gasteiger partial charge in [-0.25, -0.2) is 0 Å². The number of halogens is 1. The summed E-state index contributed by atoms with van der Waals surface area (Å²) in [5, 5.41) is 4.44. The van der Waals surface area contributed by atoms with E-state index in [9.17, 15) is 0 Å². The molecule has 0 aromatic carbocycles. The van der Waals surface area contributed by atoms with Crippen LogP contribution in [0.15, 0.2) is 18.5 Å². The monoisotopic (exact) mass is 266 g/mol. The second-order valence-electron chi connectivity index (χ2n) is 5.51. The number of aromatic nitrogens is 1. The van der Waals surface area contributed by atoms with E-state index in [1.165, 1.54) is 24.8 Å². The minimum Gasteiger partial charge on any atom is -0.314 e. The van der Waals surface area contributed by atoms with Gasteiger partial charge in [-0.15, -0.1) is 0 Å². The molecule has 1 aromatic rings. The fourth-order valence-corrected chi connectivity index (χ4v) is 3.29. The molecule has 3 unspecified atom stereocenters. The molecule has 0 saturated heterocycles. The Kier molecular flexibility index (Phi) is 5.02. The van der Waals surface area contributed by atoms with Crippen molar-refractivity contribution < 1.29 is 0 Å². The molecule has 0 amide bonds. The normalized spacial score (nSPS) is 25.3. The van der Waals surface area contributed by atoms with Crippen molar-refractivity contribution in [2.24, 2.45) is 11.8 Å². The maximum atomic E-state index is 6.21. The topological polar surface area (TPSA) is 24.9 Å². The van der Waals surface area contributed by atoms with Crippen molar-refractivity contribution in [3.63, 3.8) is 0 Å². The smallest absolute Gasteiger partial charge is 0.0621 e. The van der Waals surface area contributed by atoms with Gasteiger partial charge < -0.3 is 5.32 Å². The molecule has 1 heterocycles. The van der Waals surface area contributed by atoms with Crippen molar-refractivity contribution in [1.29, 1.82) is 0 Å². The summed E-state index contributed by atoms with van der Waals surface area (Å²) >= 11 is 6.21. The van der Waals surface area contributed by atoms with Crippen LogP contribution in [0.1, 0.15) is 38.7 Å². The van der Waals surface area contributed by atoms with Crippen LogP contribution in [-0.4, -0.2) is 17.6 Å². The zero-order valence-corrected chi connectivity index (χ0v) is 12.1. The van der Waals surface area contributed by atoms with E-state index in [4.69, 9.17) is 11.6 Å². The predicted molar refractivity (Wildman–Crippen MR) is 76.9 cm³/mol. The van der Waals surface area contributed by atoms with Gasteiger partial charge in [-0.05, 0) is 49.3 Å². The van der Waals surface area contributed by atoms with Crippen LogP contribution >= 0.6 is 11.6 Å². The third-order valence-electron chi connectivity index (χ3n) is 4.07. The average Bonchev–Trinajstić information content (AvgIpc) is 2.78. The SMILES string of the molecule is CCNC(Cc1ccncc1Cl)C1CCC(C)C1. The lowest BCUT2D eigenvalue weighted by Crippen LogP contribution is -2.37. The quantitative estimate of drug-likeness (QED) is 0.879. The van der Waals surface area contributed by atoms with E-state index in [1.54, 1.807) is 6.20 Å². The third kappa shape index (κ3) is 3.46. The van der Waals surface area contributed by atoms with Gasteiger partial charge in [0.05, 0.1) is 5.02 Å². The zero-order chi connectivity index (χ0) is 13.0. The second kappa shape index (κ2) is 6.53. The van der Waals surface area contributed by atoms with Crippen molar-refractivity contribution in [2.45, 2.75) is 45.6 Å². The highest BCUT2D eigenvalue weighted by molar-refractivity contribution is 6.31. The number of nitrogens with zero attached hydrogens (tertiary/aromatic N) is 1. The van der Waals surface area contributed by atoms with E-state index in [0.29, 0.717) is 6.04 Å². The first-order valence-corrected chi connectivity index (χ1v) is 7.40. The predicted octanol–water partition coefficient (Wildman–Crippen LogP) is 3.69. The molecule has 0 aliphatic heterocycles. The van der Waals surface area contributed by atoms with Gasteiger partial charge in [0.25, 0.3) is 0 Å². The van der Waals surface area contributed by atoms with E-state index in [2.05, 4.69) is 24.1 Å². The Morgan fingerprint density at radius 2 is 2.33 bits per heavy atom. The molecular weight excluding hydrogens is 244 g/mol. The minimum absolute atomic E-state index is 0.555. The van der Waals surface area contributed by atoms with Crippen molar-refractivity contribution >= 4 is 11.6 Å². The maximum absolute atomic E-state index is 6.21. The second-order valence-corrected chi connectivity index (χ2v) is 5.92. The molecule has 0 bridgehead atoms. The number of rotatable bonds is 5. The lowest BCUT2D eigenvalue weighted by atomic mass is 9.91. The Bertz CT molecular complexity index is 381. The van der Waals surface area contributed by atoms with E-state index >= 15 is 0 Å². The van der Waals surface area contributed by atoms with Crippen molar-refractivity contribution in [2.75, 3.05) is 6.54 Å². The Labute approximate surface area is 115 Å². The molecule has 1 aliphatic rings. The number of hydrogen-bond acceptors (Lipinski definition) is 2. The minimum atomic E-state index is 0.555. The number of likely N-dealkylation sites (N-methyl/N-ethyl adjacent to an activating group) is 1. The molecule has 3 heteroatoms. The van der Waals surface area contributed by atoms with Crippen molar-refractivity contribution in [1.82, 2.24) is 10.3 Å². The lowest BCUT2D eigenvalue weighted by molar-refractivity contribution is 0.354. The molecule has 0 spiro atoms. The Balaban J connectivity index is 2.04. The standard InChI is InChI=1S/C15H23ClN2/c1-3-18-15(13-5-4-11(2)8-13)9-12-6-7-17-10-14(12)16/h6-7,10-11,13,15,18H,3-5,8-9H2,1-2H3. The Hall–Kier alpha value is -0.600. The molecule has 3 atom stereocenters. The van der Waals surface area contributed by atoms with Crippen LogP contribution in [0.3, 0.4) is 0 Å². The third-order valence-corrected chi connectivity index (χ3v) is 4.41. The van der Waals surface area contributed by atoms with Gasteiger partial charge in [0.15, 0.2) is 0 Å². The summed E-state index contributed by atoms with van der Waals surface area (Å²) in [4.78, 5) is 4.06. The summed E-state index contributed by atoms with van der Waals surface area (Å²) in [5.74, 6) is 1.67. The summed E-state index contributed by atoms with van der Waals surface area (Å²) in [7, 11) is 0. The number of pyridine rings is 1. The van der Waals surface area contributed by atoms with Gasteiger partial charge in [0.2, 0.25) is 0 Å². The number of hydrogen-bond donors (Lipinski definition) is 1. The highest BCUT2D eigenvalue weighted by Crippen LogP contribution is 2.34. The van der Waals surface area contributed by atoms with Crippen LogP contribution in [0.25, 0.3) is 0 Å². The molecule has 1 N–H and O–H groups in total. The molecule has 18 heavy (non-hydrogen) atoms. The molecule has 100 valence electrons. The summed E-state index contributed by atoms with van der Waals surface area (Å²) < 4.78 is 0. The first-order valence-electron chi connectivity index (χ1n) is 7.02. The van der Waals surface area contributed by atoms with Gasteiger partial charge in [-0.2, -0.15) is 0 Å². The maximum Gasteiger partial charge on any atom is 0.0621 e. The fourth-order valence-electron chi connectivity index (χ4n) is 3.09. The molecule has 2 nitrogen and oxygen atoms in total. The highest BCUT2D eigenvalue weighted by atomic mass is 35.5. The fraction of sp³-hybridized carbons (Fsp3) is 0.667. The summed E-state index contributed by atoms with van der Waals surface area (Å²) in [6.07, 6.45) is 8.67. The van der Waals surface area contributed by atoms with Crippen LogP contribution in [0, 0.1) is 11.8 Å². The molecule has 1 fully saturated rings. The van der Waals surface area contributed by atoms with Gasteiger partial charge in [-0.3, -0.25) is 4.98 Å². The van der Waals surface area contributed by atoms with E-state index in [-0.39, 0.29) is 0 Å². The largest absolute Gasteiger partial charge is 0.314 e. The first kappa shape index (κ1) is 13.8. The lowest BCUT2D eigenvalue weighted by Gasteiger charge is -2.25. The summed E-state index contributed by atoms with van der Waals surface area (Å²) in [6, 6.07) is 2.60. The van der Waals surface area contributed by atoms with Crippen LogP contribution in [0.4, 0.5) is 0 Å². The summed E-state index contributed by atoms with van der Waals surface area (Å²) in [6.45, 7) is 5.57. The zero-order valence-electron chi connectivity index (χ0n) is 11.3. The molecule has 2 rings (SSSR count). The van der Waals surface area contributed by atoms with Crippen molar-refractivity contribution in [3.8, 4) is 0 Å². The van der Waals surface area contributed by atoms with Gasteiger partial charge in [-0.1, -0.05) is 31.9 Å². The molecular formula is C15H23ClN2. The van der Waals surface area contributed by atoms with Crippen LogP contribution in [0.2, 0.25) is 5.02 Å². The molecule has 1 aromatic heterocycles. The Morgan fingerprint density at radius 3 is 2.94 bits per heavy atom. The van der Waals surface area contributed by atoms with Gasteiger partial charge in [0.1, 0.15) is 0 Å². The van der Waals surface area contributed by atoms with E-state index in [0.717, 1.165) is 29.8 Å². The van der Waals surface area contributed by atoms with Crippen LogP contribution < -0.4 is 5.32 Å². The molecule has 1 saturated carbocycles. The van der Waals surface area contributed by atoms with Crippen molar-refractivity contribution in [3.05, 3.63) is 29.0 Å². The van der Waals surface area contributed by atoms with Crippen LogP contribution in [-0.2, 0) is 6.42 Å². The van der Waals surface area contributed by atoms with Crippen LogP contribution in [0.5, 0.6) is 0 Å². The first-order chi connectivity index (χ1) is 8.70. The molecule has 1 aliphatic carbocycles. The van der Waals surface area contributed by atoms with Gasteiger partial charge in [0, 0.05) is 18.4 Å². The van der Waals surface area contributed by atoms with E-state index in [1.807, 2.05) is 12.3 Å². The molecule has 0 radical (unpaired) electrons.